The van der Waals surface area contributed by atoms with Crippen molar-refractivity contribution in [3.8, 4) is 0 Å². The summed E-state index contributed by atoms with van der Waals surface area (Å²) in [6.45, 7) is 1.76. The molecule has 1 aromatic rings. The molecule has 0 bridgehead atoms. The highest BCUT2D eigenvalue weighted by Gasteiger charge is 2.17. The Bertz CT molecular complexity index is 419. The predicted octanol–water partition coefficient (Wildman–Crippen LogP) is 0.930. The van der Waals surface area contributed by atoms with Gasteiger partial charge in [0, 0.05) is 31.3 Å². The van der Waals surface area contributed by atoms with E-state index in [-0.39, 0.29) is 11.5 Å². The third-order valence-electron chi connectivity index (χ3n) is 2.97. The number of nitrogens with zero attached hydrogens (tertiary/aromatic N) is 1. The normalized spacial score (nSPS) is 15.4. The largest absolute Gasteiger partial charge is 0.343 e. The molecule has 16 heavy (non-hydrogen) atoms. The smallest absolute Gasteiger partial charge is 0.251 e. The van der Waals surface area contributed by atoms with Gasteiger partial charge in [-0.2, -0.15) is 0 Å². The fourth-order valence-corrected chi connectivity index (χ4v) is 2.02. The third kappa shape index (κ3) is 2.51. The van der Waals surface area contributed by atoms with Crippen molar-refractivity contribution in [1.82, 2.24) is 9.88 Å². The number of carbonyl (C=O) groups is 1. The van der Waals surface area contributed by atoms with Gasteiger partial charge in [0.15, 0.2) is 0 Å². The Morgan fingerprint density at radius 2 is 2.12 bits per heavy atom. The molecule has 4 heteroatoms. The second-order valence-electron chi connectivity index (χ2n) is 4.11. The molecule has 0 aliphatic carbocycles. The van der Waals surface area contributed by atoms with Crippen molar-refractivity contribution >= 4 is 5.91 Å². The quantitative estimate of drug-likeness (QED) is 0.823. The Morgan fingerprint density at radius 3 is 2.81 bits per heavy atom. The Labute approximate surface area is 94.3 Å². The Kier molecular flexibility index (Phi) is 3.39. The molecule has 4 nitrogen and oxygen atoms in total. The van der Waals surface area contributed by atoms with E-state index in [0.717, 1.165) is 25.9 Å². The summed E-state index contributed by atoms with van der Waals surface area (Å²) >= 11 is 0. The van der Waals surface area contributed by atoms with Crippen LogP contribution in [0.4, 0.5) is 0 Å². The van der Waals surface area contributed by atoms with Gasteiger partial charge in [0.2, 0.25) is 5.91 Å². The summed E-state index contributed by atoms with van der Waals surface area (Å²) in [5.74, 6) is 0.167. The summed E-state index contributed by atoms with van der Waals surface area (Å²) < 4.78 is 0. The van der Waals surface area contributed by atoms with Crippen LogP contribution in [0, 0.1) is 0 Å². The number of pyridine rings is 1. The molecule has 0 unspecified atom stereocenters. The summed E-state index contributed by atoms with van der Waals surface area (Å²) in [5.41, 5.74) is 0.603. The first kappa shape index (κ1) is 10.9. The summed E-state index contributed by atoms with van der Waals surface area (Å²) in [6, 6.07) is 3.56. The lowest BCUT2D eigenvalue weighted by Gasteiger charge is -2.14. The van der Waals surface area contributed by atoms with Gasteiger partial charge in [-0.15, -0.1) is 0 Å². The monoisotopic (exact) mass is 220 g/mol. The van der Waals surface area contributed by atoms with E-state index in [1.54, 1.807) is 18.3 Å². The van der Waals surface area contributed by atoms with Crippen LogP contribution in [-0.2, 0) is 11.2 Å². The summed E-state index contributed by atoms with van der Waals surface area (Å²) in [5, 5.41) is 0. The average Bonchev–Trinajstić information content (AvgIpc) is 2.81. The first-order valence-electron chi connectivity index (χ1n) is 5.72. The number of H-pyrrole nitrogens is 1. The second-order valence-corrected chi connectivity index (χ2v) is 4.11. The van der Waals surface area contributed by atoms with E-state index < -0.39 is 0 Å². The fourth-order valence-electron chi connectivity index (χ4n) is 2.02. The van der Waals surface area contributed by atoms with E-state index >= 15 is 0 Å². The van der Waals surface area contributed by atoms with Gasteiger partial charge < -0.3 is 9.88 Å². The zero-order valence-electron chi connectivity index (χ0n) is 9.24. The average molecular weight is 220 g/mol. The molecular weight excluding hydrogens is 204 g/mol. The number of hydrogen-bond donors (Lipinski definition) is 1. The van der Waals surface area contributed by atoms with Crippen molar-refractivity contribution in [1.29, 1.82) is 0 Å². The highest BCUT2D eigenvalue weighted by Crippen LogP contribution is 2.09. The maximum Gasteiger partial charge on any atom is 0.251 e. The first-order chi connectivity index (χ1) is 7.77. The molecule has 0 saturated carbocycles. The van der Waals surface area contributed by atoms with Gasteiger partial charge in [0.1, 0.15) is 0 Å². The zero-order valence-corrected chi connectivity index (χ0v) is 9.24. The number of carbonyl (C=O) groups excluding carboxylic acids is 1. The Balaban J connectivity index is 1.90. The summed E-state index contributed by atoms with van der Waals surface area (Å²) in [4.78, 5) is 27.6. The summed E-state index contributed by atoms with van der Waals surface area (Å²) in [6.07, 6.45) is 4.79. The molecule has 1 aliphatic heterocycles. The van der Waals surface area contributed by atoms with E-state index in [9.17, 15) is 9.59 Å². The van der Waals surface area contributed by atoms with Crippen molar-refractivity contribution < 1.29 is 4.79 Å². The van der Waals surface area contributed by atoms with E-state index in [2.05, 4.69) is 4.98 Å². The van der Waals surface area contributed by atoms with Gasteiger partial charge in [-0.05, 0) is 25.3 Å². The van der Waals surface area contributed by atoms with E-state index in [1.807, 2.05) is 4.90 Å². The van der Waals surface area contributed by atoms with Gasteiger partial charge in [-0.25, -0.2) is 0 Å². The Hall–Kier alpha value is -1.58. The maximum absolute atomic E-state index is 11.7. The van der Waals surface area contributed by atoms with Crippen molar-refractivity contribution in [2.75, 3.05) is 13.1 Å². The van der Waals surface area contributed by atoms with Crippen LogP contribution < -0.4 is 5.56 Å². The second kappa shape index (κ2) is 4.96. The zero-order chi connectivity index (χ0) is 11.4. The summed E-state index contributed by atoms with van der Waals surface area (Å²) in [7, 11) is 0. The molecule has 1 fully saturated rings. The lowest BCUT2D eigenvalue weighted by atomic mass is 10.1. The molecule has 1 aliphatic rings. The lowest BCUT2D eigenvalue weighted by molar-refractivity contribution is -0.130. The van der Waals surface area contributed by atoms with Crippen LogP contribution in [0.1, 0.15) is 24.8 Å². The van der Waals surface area contributed by atoms with Gasteiger partial charge in [0.05, 0.1) is 0 Å². The minimum atomic E-state index is -0.0864. The van der Waals surface area contributed by atoms with E-state index in [1.165, 1.54) is 0 Å². The first-order valence-corrected chi connectivity index (χ1v) is 5.72. The van der Waals surface area contributed by atoms with Gasteiger partial charge in [-0.1, -0.05) is 6.07 Å². The van der Waals surface area contributed by atoms with E-state index in [4.69, 9.17) is 0 Å². The molecule has 0 spiro atoms. The minimum absolute atomic E-state index is 0.0864. The molecule has 2 rings (SSSR count). The predicted molar refractivity (Wildman–Crippen MR) is 61.2 cm³/mol. The number of likely N-dealkylation sites (tertiary alicyclic amines) is 1. The number of aromatic nitrogens is 1. The van der Waals surface area contributed by atoms with E-state index in [0.29, 0.717) is 18.4 Å². The van der Waals surface area contributed by atoms with Crippen LogP contribution in [0.15, 0.2) is 23.1 Å². The van der Waals surface area contributed by atoms with Gasteiger partial charge >= 0.3 is 0 Å². The van der Waals surface area contributed by atoms with Crippen molar-refractivity contribution in [2.45, 2.75) is 25.7 Å². The standard InChI is InChI=1S/C12H16N2O2/c15-11(14-8-1-2-9-14)6-5-10-4-3-7-13-12(10)16/h3-4,7H,1-2,5-6,8-9H2,(H,13,16). The number of amides is 1. The van der Waals surface area contributed by atoms with Crippen LogP contribution in [0.25, 0.3) is 0 Å². The van der Waals surface area contributed by atoms with Crippen LogP contribution in [0.5, 0.6) is 0 Å². The molecule has 0 aromatic carbocycles. The number of aryl methyl sites for hydroxylation is 1. The van der Waals surface area contributed by atoms with Crippen LogP contribution >= 0.6 is 0 Å². The molecule has 1 aromatic heterocycles. The fraction of sp³-hybridized carbons (Fsp3) is 0.500. The SMILES string of the molecule is O=C(CCc1ccc[nH]c1=O)N1CCCC1. The van der Waals surface area contributed by atoms with Gasteiger partial charge in [-0.3, -0.25) is 9.59 Å². The molecular formula is C12H16N2O2. The lowest BCUT2D eigenvalue weighted by Crippen LogP contribution is -2.28. The molecule has 1 amide bonds. The van der Waals surface area contributed by atoms with Crippen molar-refractivity contribution in [3.63, 3.8) is 0 Å². The van der Waals surface area contributed by atoms with Crippen LogP contribution in [0.2, 0.25) is 0 Å². The van der Waals surface area contributed by atoms with Crippen LogP contribution in [0.3, 0.4) is 0 Å². The molecule has 86 valence electrons. The van der Waals surface area contributed by atoms with Gasteiger partial charge in [0.25, 0.3) is 5.56 Å². The molecule has 0 radical (unpaired) electrons. The topological polar surface area (TPSA) is 53.2 Å². The van der Waals surface area contributed by atoms with Crippen molar-refractivity contribution in [2.24, 2.45) is 0 Å². The highest BCUT2D eigenvalue weighted by atomic mass is 16.2. The molecule has 1 N–H and O–H groups in total. The number of hydrogen-bond acceptors (Lipinski definition) is 2. The van der Waals surface area contributed by atoms with Crippen molar-refractivity contribution in [3.05, 3.63) is 34.2 Å². The third-order valence-corrected chi connectivity index (χ3v) is 2.97. The van der Waals surface area contributed by atoms with Crippen LogP contribution in [-0.4, -0.2) is 28.9 Å². The molecule has 1 saturated heterocycles. The number of aromatic amines is 1. The Morgan fingerprint density at radius 1 is 1.38 bits per heavy atom. The minimum Gasteiger partial charge on any atom is -0.343 e. The highest BCUT2D eigenvalue weighted by molar-refractivity contribution is 5.76. The molecule has 0 atom stereocenters. The number of nitrogens with one attached hydrogen (secondary N) is 1. The number of rotatable bonds is 3. The molecule has 2 heterocycles. The maximum atomic E-state index is 11.7.